The van der Waals surface area contributed by atoms with Crippen LogP contribution in [0, 0.1) is 5.92 Å². The van der Waals surface area contributed by atoms with Gasteiger partial charge in [-0.25, -0.2) is 0 Å². The lowest BCUT2D eigenvalue weighted by Crippen LogP contribution is -1.84. The first-order chi connectivity index (χ1) is 4.36. The molecule has 1 rings (SSSR count). The Morgan fingerprint density at radius 2 is 2.33 bits per heavy atom. The lowest BCUT2D eigenvalue weighted by molar-refractivity contribution is 0.610. The Labute approximate surface area is 58.0 Å². The molecule has 0 aromatic heterocycles. The van der Waals surface area contributed by atoms with Gasteiger partial charge in [-0.05, 0) is 31.6 Å². The molecule has 0 aromatic carbocycles. The van der Waals surface area contributed by atoms with Gasteiger partial charge in [0, 0.05) is 0 Å². The molecule has 0 saturated heterocycles. The van der Waals surface area contributed by atoms with E-state index in [0.717, 1.165) is 5.92 Å². The minimum Gasteiger partial charge on any atom is -0.0822 e. The molecule has 0 amide bonds. The van der Waals surface area contributed by atoms with Gasteiger partial charge in [0.1, 0.15) is 0 Å². The molecule has 1 aliphatic carbocycles. The molecule has 0 spiro atoms. The van der Waals surface area contributed by atoms with Crippen molar-refractivity contribution in [2.75, 3.05) is 0 Å². The van der Waals surface area contributed by atoms with Crippen molar-refractivity contribution in [1.29, 1.82) is 0 Å². The molecule has 52 valence electrons. The number of hydrogen-bond donors (Lipinski definition) is 0. The zero-order valence-electron chi connectivity index (χ0n) is 6.48. The van der Waals surface area contributed by atoms with E-state index in [1.54, 1.807) is 5.57 Å². The van der Waals surface area contributed by atoms with Gasteiger partial charge in [0.05, 0.1) is 0 Å². The molecule has 1 atom stereocenters. The van der Waals surface area contributed by atoms with Crippen LogP contribution in [0.15, 0.2) is 11.6 Å². The molecular formula is C9H16. The summed E-state index contributed by atoms with van der Waals surface area (Å²) in [4.78, 5) is 0. The van der Waals surface area contributed by atoms with Gasteiger partial charge >= 0.3 is 0 Å². The summed E-state index contributed by atoms with van der Waals surface area (Å²) in [5.41, 5.74) is 1.68. The van der Waals surface area contributed by atoms with Crippen LogP contribution in [0.1, 0.15) is 39.5 Å². The molecule has 1 unspecified atom stereocenters. The Hall–Kier alpha value is -0.260. The highest BCUT2D eigenvalue weighted by atomic mass is 14.2. The van der Waals surface area contributed by atoms with Gasteiger partial charge < -0.3 is 0 Å². The van der Waals surface area contributed by atoms with Crippen LogP contribution in [-0.4, -0.2) is 0 Å². The summed E-state index contributed by atoms with van der Waals surface area (Å²) in [6.07, 6.45) is 7.87. The van der Waals surface area contributed by atoms with Crippen LogP contribution < -0.4 is 0 Å². The molecular weight excluding hydrogens is 108 g/mol. The Kier molecular flexibility index (Phi) is 2.32. The maximum atomic E-state index is 2.47. The standard InChI is InChI=1S/C9H16/c1-3-8-5-6-9(4-2)7-8/h7-8H,3-6H2,1-2H3. The highest BCUT2D eigenvalue weighted by Crippen LogP contribution is 2.27. The maximum Gasteiger partial charge on any atom is -0.0230 e. The third-order valence-electron chi connectivity index (χ3n) is 2.29. The molecule has 0 nitrogen and oxygen atoms in total. The fourth-order valence-electron chi connectivity index (χ4n) is 1.49. The Morgan fingerprint density at radius 1 is 1.56 bits per heavy atom. The summed E-state index contributed by atoms with van der Waals surface area (Å²) in [7, 11) is 0. The third kappa shape index (κ3) is 1.57. The molecule has 0 radical (unpaired) electrons. The molecule has 0 saturated carbocycles. The normalized spacial score (nSPS) is 26.4. The predicted molar refractivity (Wildman–Crippen MR) is 41.4 cm³/mol. The zero-order chi connectivity index (χ0) is 6.69. The quantitative estimate of drug-likeness (QED) is 0.496. The van der Waals surface area contributed by atoms with E-state index < -0.39 is 0 Å². The molecule has 0 N–H and O–H groups in total. The summed E-state index contributed by atoms with van der Waals surface area (Å²) >= 11 is 0. The van der Waals surface area contributed by atoms with E-state index in [1.807, 2.05) is 0 Å². The summed E-state index contributed by atoms with van der Waals surface area (Å²) in [5.74, 6) is 0.917. The minimum atomic E-state index is 0.917. The lowest BCUT2D eigenvalue weighted by Gasteiger charge is -1.97. The van der Waals surface area contributed by atoms with Gasteiger partial charge in [-0.15, -0.1) is 0 Å². The second-order valence-electron chi connectivity index (χ2n) is 2.89. The summed E-state index contributed by atoms with van der Waals surface area (Å²) < 4.78 is 0. The van der Waals surface area contributed by atoms with E-state index >= 15 is 0 Å². The van der Waals surface area contributed by atoms with Crippen LogP contribution in [0.2, 0.25) is 0 Å². The smallest absolute Gasteiger partial charge is 0.0230 e. The van der Waals surface area contributed by atoms with Crippen molar-refractivity contribution in [1.82, 2.24) is 0 Å². The van der Waals surface area contributed by atoms with Gasteiger partial charge in [-0.1, -0.05) is 25.5 Å². The third-order valence-corrected chi connectivity index (χ3v) is 2.29. The van der Waals surface area contributed by atoms with Gasteiger partial charge in [0.15, 0.2) is 0 Å². The number of rotatable bonds is 2. The Morgan fingerprint density at radius 3 is 2.67 bits per heavy atom. The topological polar surface area (TPSA) is 0 Å². The Bertz CT molecular complexity index is 111. The maximum absolute atomic E-state index is 2.47. The van der Waals surface area contributed by atoms with Crippen molar-refractivity contribution in [2.45, 2.75) is 39.5 Å². The monoisotopic (exact) mass is 124 g/mol. The molecule has 9 heavy (non-hydrogen) atoms. The van der Waals surface area contributed by atoms with Crippen molar-refractivity contribution >= 4 is 0 Å². The zero-order valence-corrected chi connectivity index (χ0v) is 6.48. The van der Waals surface area contributed by atoms with E-state index in [-0.39, 0.29) is 0 Å². The van der Waals surface area contributed by atoms with Gasteiger partial charge in [-0.2, -0.15) is 0 Å². The first-order valence-electron chi connectivity index (χ1n) is 4.06. The predicted octanol–water partition coefficient (Wildman–Crippen LogP) is 3.14. The van der Waals surface area contributed by atoms with Crippen LogP contribution in [0.25, 0.3) is 0 Å². The summed E-state index contributed by atoms with van der Waals surface area (Å²) in [5, 5.41) is 0. The van der Waals surface area contributed by atoms with Crippen LogP contribution in [0.4, 0.5) is 0 Å². The van der Waals surface area contributed by atoms with Crippen LogP contribution in [0.5, 0.6) is 0 Å². The lowest BCUT2D eigenvalue weighted by atomic mass is 10.1. The van der Waals surface area contributed by atoms with E-state index in [9.17, 15) is 0 Å². The first kappa shape index (κ1) is 6.85. The second kappa shape index (κ2) is 3.05. The highest BCUT2D eigenvalue weighted by Gasteiger charge is 2.11. The van der Waals surface area contributed by atoms with Crippen molar-refractivity contribution in [3.8, 4) is 0 Å². The molecule has 0 aliphatic heterocycles. The van der Waals surface area contributed by atoms with Crippen molar-refractivity contribution < 1.29 is 0 Å². The van der Waals surface area contributed by atoms with E-state index in [1.165, 1.54) is 25.7 Å². The molecule has 1 aliphatic rings. The summed E-state index contributed by atoms with van der Waals surface area (Å²) in [6, 6.07) is 0. The number of hydrogen-bond acceptors (Lipinski definition) is 0. The second-order valence-corrected chi connectivity index (χ2v) is 2.89. The van der Waals surface area contributed by atoms with Crippen molar-refractivity contribution in [3.63, 3.8) is 0 Å². The fourth-order valence-corrected chi connectivity index (χ4v) is 1.49. The van der Waals surface area contributed by atoms with E-state index in [0.29, 0.717) is 0 Å². The van der Waals surface area contributed by atoms with Crippen molar-refractivity contribution in [2.24, 2.45) is 5.92 Å². The van der Waals surface area contributed by atoms with Crippen molar-refractivity contribution in [3.05, 3.63) is 11.6 Å². The average Bonchev–Trinajstić information content (AvgIpc) is 2.34. The molecule has 0 heterocycles. The largest absolute Gasteiger partial charge is 0.0822 e. The minimum absolute atomic E-state index is 0.917. The van der Waals surface area contributed by atoms with Crippen LogP contribution in [-0.2, 0) is 0 Å². The van der Waals surface area contributed by atoms with E-state index in [4.69, 9.17) is 0 Å². The number of allylic oxidation sites excluding steroid dienone is 2. The van der Waals surface area contributed by atoms with Crippen LogP contribution in [0.3, 0.4) is 0 Å². The van der Waals surface area contributed by atoms with Crippen LogP contribution >= 0.6 is 0 Å². The van der Waals surface area contributed by atoms with E-state index in [2.05, 4.69) is 19.9 Å². The molecule has 0 aromatic rings. The summed E-state index contributed by atoms with van der Waals surface area (Å²) in [6.45, 7) is 4.53. The highest BCUT2D eigenvalue weighted by molar-refractivity contribution is 5.09. The Balaban J connectivity index is 2.40. The van der Waals surface area contributed by atoms with Gasteiger partial charge in [0.25, 0.3) is 0 Å². The first-order valence-corrected chi connectivity index (χ1v) is 4.06. The average molecular weight is 124 g/mol. The fraction of sp³-hybridized carbons (Fsp3) is 0.778. The molecule has 0 fully saturated rings. The molecule has 0 heteroatoms. The van der Waals surface area contributed by atoms with Gasteiger partial charge in [-0.3, -0.25) is 0 Å². The SMILES string of the molecule is CCC1=CC(CC)CC1. The molecule has 0 bridgehead atoms. The van der Waals surface area contributed by atoms with Gasteiger partial charge in [0.2, 0.25) is 0 Å².